The lowest BCUT2D eigenvalue weighted by Crippen LogP contribution is -1.64. The van der Waals surface area contributed by atoms with Crippen molar-refractivity contribution < 1.29 is 0 Å². The maximum absolute atomic E-state index is 8.58. The second-order valence-electron chi connectivity index (χ2n) is 2.14. The maximum atomic E-state index is 8.58. The van der Waals surface area contributed by atoms with Crippen LogP contribution in [-0.2, 0) is 0 Å². The van der Waals surface area contributed by atoms with E-state index >= 15 is 0 Å². The largest absolute Gasteiger partial charge is 0.264 e. The summed E-state index contributed by atoms with van der Waals surface area (Å²) < 4.78 is 1.12. The fourth-order valence-corrected chi connectivity index (χ4v) is 1.77. The Morgan fingerprint density at radius 2 is 2.45 bits per heavy atom. The second kappa shape index (κ2) is 2.33. The first-order valence-corrected chi connectivity index (χ1v) is 3.95. The number of nitrogens with zero attached hydrogens (tertiary/aromatic N) is 2. The van der Waals surface area contributed by atoms with Gasteiger partial charge in [-0.25, -0.2) is 0 Å². The van der Waals surface area contributed by atoms with Crippen LogP contribution in [-0.4, -0.2) is 4.98 Å². The van der Waals surface area contributed by atoms with Crippen LogP contribution in [0, 0.1) is 11.3 Å². The van der Waals surface area contributed by atoms with Crippen molar-refractivity contribution in [2.24, 2.45) is 0 Å². The lowest BCUT2D eigenvalue weighted by molar-refractivity contribution is 1.37. The first-order valence-electron chi connectivity index (χ1n) is 3.14. The molecule has 2 nitrogen and oxygen atoms in total. The molecule has 0 saturated heterocycles. The van der Waals surface area contributed by atoms with Crippen LogP contribution >= 0.6 is 11.3 Å². The van der Waals surface area contributed by atoms with Crippen LogP contribution < -0.4 is 0 Å². The van der Waals surface area contributed by atoms with Gasteiger partial charge in [-0.15, -0.1) is 11.3 Å². The topological polar surface area (TPSA) is 36.7 Å². The van der Waals surface area contributed by atoms with Gasteiger partial charge in [-0.1, -0.05) is 0 Å². The zero-order valence-corrected chi connectivity index (χ0v) is 6.43. The number of thiophene rings is 1. The molecule has 0 aliphatic heterocycles. The molecule has 0 bridgehead atoms. The van der Waals surface area contributed by atoms with E-state index in [1.54, 1.807) is 12.4 Å². The molecule has 2 rings (SSSR count). The molecule has 11 heavy (non-hydrogen) atoms. The molecule has 3 heteroatoms. The summed E-state index contributed by atoms with van der Waals surface area (Å²) in [5.74, 6) is 0. The van der Waals surface area contributed by atoms with Crippen LogP contribution in [0.25, 0.3) is 10.1 Å². The van der Waals surface area contributed by atoms with Gasteiger partial charge in [0, 0.05) is 22.5 Å². The minimum absolute atomic E-state index is 0.744. The van der Waals surface area contributed by atoms with Crippen LogP contribution in [0.1, 0.15) is 4.88 Å². The van der Waals surface area contributed by atoms with Gasteiger partial charge in [-0.05, 0) is 12.1 Å². The van der Waals surface area contributed by atoms with Crippen molar-refractivity contribution in [2.75, 3.05) is 0 Å². The Labute approximate surface area is 67.7 Å². The summed E-state index contributed by atoms with van der Waals surface area (Å²) in [7, 11) is 0. The van der Waals surface area contributed by atoms with E-state index in [1.807, 2.05) is 12.1 Å². The number of rotatable bonds is 0. The first kappa shape index (κ1) is 6.32. The predicted molar refractivity (Wildman–Crippen MR) is 44.3 cm³/mol. The standard InChI is InChI=1S/C8H4N2S/c9-4-7-3-6-5-10-2-1-8(6)11-7/h1-3,5H. The molecular weight excluding hydrogens is 156 g/mol. The zero-order valence-electron chi connectivity index (χ0n) is 5.61. The van der Waals surface area contributed by atoms with Crippen molar-refractivity contribution in [1.29, 1.82) is 5.26 Å². The average Bonchev–Trinajstić information content (AvgIpc) is 2.46. The van der Waals surface area contributed by atoms with Crippen molar-refractivity contribution in [3.8, 4) is 6.07 Å². The highest BCUT2D eigenvalue weighted by molar-refractivity contribution is 7.19. The van der Waals surface area contributed by atoms with Crippen molar-refractivity contribution >= 4 is 21.4 Å². The van der Waals surface area contributed by atoms with Crippen LogP contribution in [0.4, 0.5) is 0 Å². The molecule has 0 saturated carbocycles. The minimum Gasteiger partial charge on any atom is -0.264 e. The molecule has 2 aromatic heterocycles. The lowest BCUT2D eigenvalue weighted by atomic mass is 10.3. The van der Waals surface area contributed by atoms with Crippen LogP contribution in [0.3, 0.4) is 0 Å². The Balaban J connectivity index is 2.81. The Kier molecular flexibility index (Phi) is 1.34. The van der Waals surface area contributed by atoms with Gasteiger partial charge in [-0.2, -0.15) is 5.26 Å². The van der Waals surface area contributed by atoms with Crippen molar-refractivity contribution in [2.45, 2.75) is 0 Å². The molecule has 52 valence electrons. The molecule has 0 amide bonds. The molecule has 0 unspecified atom stereocenters. The fraction of sp³-hybridized carbons (Fsp3) is 0. The molecule has 2 aromatic rings. The molecule has 0 atom stereocenters. The van der Waals surface area contributed by atoms with E-state index in [1.165, 1.54) is 11.3 Å². The van der Waals surface area contributed by atoms with E-state index in [9.17, 15) is 0 Å². The third kappa shape index (κ3) is 0.975. The zero-order chi connectivity index (χ0) is 7.68. The van der Waals surface area contributed by atoms with Crippen molar-refractivity contribution in [3.05, 3.63) is 29.4 Å². The molecule has 0 N–H and O–H groups in total. The third-order valence-corrected chi connectivity index (χ3v) is 2.45. The second-order valence-corrected chi connectivity index (χ2v) is 3.22. The summed E-state index contributed by atoms with van der Waals surface area (Å²) in [6, 6.07) is 5.88. The van der Waals surface area contributed by atoms with Gasteiger partial charge in [0.15, 0.2) is 0 Å². The van der Waals surface area contributed by atoms with Gasteiger partial charge in [-0.3, -0.25) is 4.98 Å². The van der Waals surface area contributed by atoms with E-state index in [0.717, 1.165) is 15.0 Å². The molecule has 0 fully saturated rings. The van der Waals surface area contributed by atoms with Crippen molar-refractivity contribution in [1.82, 2.24) is 4.98 Å². The van der Waals surface area contributed by atoms with Gasteiger partial charge in [0.1, 0.15) is 10.9 Å². The smallest absolute Gasteiger partial charge is 0.110 e. The van der Waals surface area contributed by atoms with Gasteiger partial charge in [0.25, 0.3) is 0 Å². The molecular formula is C8H4N2S. The van der Waals surface area contributed by atoms with Crippen LogP contribution in [0.15, 0.2) is 24.5 Å². The predicted octanol–water partition coefficient (Wildman–Crippen LogP) is 2.17. The lowest BCUT2D eigenvalue weighted by Gasteiger charge is -1.81. The summed E-state index contributed by atoms with van der Waals surface area (Å²) in [6.45, 7) is 0. The third-order valence-electron chi connectivity index (χ3n) is 1.43. The van der Waals surface area contributed by atoms with E-state index in [0.29, 0.717) is 0 Å². The molecule has 0 aromatic carbocycles. The summed E-state index contributed by atoms with van der Waals surface area (Å²) in [5.41, 5.74) is 0. The molecule has 0 radical (unpaired) electrons. The fourth-order valence-electron chi connectivity index (χ4n) is 0.940. The average molecular weight is 160 g/mol. The Morgan fingerprint density at radius 1 is 1.55 bits per heavy atom. The van der Waals surface area contributed by atoms with E-state index in [2.05, 4.69) is 11.1 Å². The Bertz CT molecular complexity index is 392. The van der Waals surface area contributed by atoms with Crippen molar-refractivity contribution in [3.63, 3.8) is 0 Å². The SMILES string of the molecule is N#Cc1cc2cnccc2s1. The van der Waals surface area contributed by atoms with E-state index < -0.39 is 0 Å². The van der Waals surface area contributed by atoms with Gasteiger partial charge < -0.3 is 0 Å². The summed E-state index contributed by atoms with van der Waals surface area (Å²) in [6.07, 6.45) is 3.51. The molecule has 0 aliphatic rings. The monoisotopic (exact) mass is 160 g/mol. The van der Waals surface area contributed by atoms with Gasteiger partial charge >= 0.3 is 0 Å². The summed E-state index contributed by atoms with van der Waals surface area (Å²) in [5, 5.41) is 9.63. The first-order chi connectivity index (χ1) is 5.40. The highest BCUT2D eigenvalue weighted by Crippen LogP contribution is 2.23. The number of pyridine rings is 1. The highest BCUT2D eigenvalue weighted by Gasteiger charge is 1.98. The number of hydrogen-bond acceptors (Lipinski definition) is 3. The number of fused-ring (bicyclic) bond motifs is 1. The van der Waals surface area contributed by atoms with Crippen LogP contribution in [0.2, 0.25) is 0 Å². The number of nitriles is 1. The van der Waals surface area contributed by atoms with E-state index in [-0.39, 0.29) is 0 Å². The minimum atomic E-state index is 0.744. The molecule has 2 heterocycles. The normalized spacial score (nSPS) is 9.73. The number of hydrogen-bond donors (Lipinski definition) is 0. The number of aromatic nitrogens is 1. The van der Waals surface area contributed by atoms with E-state index in [4.69, 9.17) is 5.26 Å². The maximum Gasteiger partial charge on any atom is 0.110 e. The Hall–Kier alpha value is -1.40. The molecule has 0 aliphatic carbocycles. The molecule has 0 spiro atoms. The quantitative estimate of drug-likeness (QED) is 0.592. The Morgan fingerprint density at radius 3 is 3.18 bits per heavy atom. The highest BCUT2D eigenvalue weighted by atomic mass is 32.1. The van der Waals surface area contributed by atoms with Gasteiger partial charge in [0.2, 0.25) is 0 Å². The summed E-state index contributed by atoms with van der Waals surface area (Å²) in [4.78, 5) is 4.70. The summed E-state index contributed by atoms with van der Waals surface area (Å²) >= 11 is 1.50. The van der Waals surface area contributed by atoms with Crippen LogP contribution in [0.5, 0.6) is 0 Å². The van der Waals surface area contributed by atoms with Gasteiger partial charge in [0.05, 0.1) is 0 Å².